The second-order valence-corrected chi connectivity index (χ2v) is 5.98. The van der Waals surface area contributed by atoms with Crippen molar-refractivity contribution in [1.82, 2.24) is 5.32 Å². The number of carbonyl (C=O) groups is 2. The zero-order chi connectivity index (χ0) is 16.0. The van der Waals surface area contributed by atoms with Crippen molar-refractivity contribution in [2.75, 3.05) is 18.0 Å². The molecule has 0 radical (unpaired) electrons. The Labute approximate surface area is 127 Å². The van der Waals surface area contributed by atoms with Crippen molar-refractivity contribution >= 4 is 17.5 Å². The Balaban J connectivity index is 2.74. The van der Waals surface area contributed by atoms with E-state index >= 15 is 0 Å². The Morgan fingerprint density at radius 1 is 1.14 bits per heavy atom. The molecule has 0 heterocycles. The first-order valence-corrected chi connectivity index (χ1v) is 7.42. The van der Waals surface area contributed by atoms with Gasteiger partial charge in [-0.2, -0.15) is 0 Å². The van der Waals surface area contributed by atoms with Crippen LogP contribution in [0.5, 0.6) is 0 Å². The van der Waals surface area contributed by atoms with E-state index in [4.69, 9.17) is 0 Å². The first-order valence-electron chi connectivity index (χ1n) is 7.42. The standard InChI is InChI=1S/C17H26N2O2/c1-12(2)6-7-18-17(21)11-19(15(5)20)16-9-13(3)8-14(4)10-16/h8-10,12H,6-7,11H2,1-5H3,(H,18,21). The number of rotatable bonds is 6. The van der Waals surface area contributed by atoms with E-state index in [-0.39, 0.29) is 18.4 Å². The van der Waals surface area contributed by atoms with Crippen LogP contribution in [0, 0.1) is 19.8 Å². The maximum atomic E-state index is 12.0. The fourth-order valence-electron chi connectivity index (χ4n) is 2.19. The van der Waals surface area contributed by atoms with Crippen LogP contribution in [0.25, 0.3) is 0 Å². The fraction of sp³-hybridized carbons (Fsp3) is 0.529. The van der Waals surface area contributed by atoms with Gasteiger partial charge in [-0.05, 0) is 49.4 Å². The van der Waals surface area contributed by atoms with Crippen molar-refractivity contribution in [1.29, 1.82) is 0 Å². The molecule has 0 aliphatic rings. The second-order valence-electron chi connectivity index (χ2n) is 5.98. The smallest absolute Gasteiger partial charge is 0.240 e. The molecule has 116 valence electrons. The number of hydrogen-bond donors (Lipinski definition) is 1. The summed E-state index contributed by atoms with van der Waals surface area (Å²) in [5.41, 5.74) is 2.94. The molecule has 0 atom stereocenters. The lowest BCUT2D eigenvalue weighted by molar-refractivity contribution is -0.123. The largest absolute Gasteiger partial charge is 0.355 e. The highest BCUT2D eigenvalue weighted by Gasteiger charge is 2.16. The van der Waals surface area contributed by atoms with Gasteiger partial charge in [-0.15, -0.1) is 0 Å². The lowest BCUT2D eigenvalue weighted by Crippen LogP contribution is -2.40. The van der Waals surface area contributed by atoms with Crippen LogP contribution >= 0.6 is 0 Å². The van der Waals surface area contributed by atoms with E-state index in [2.05, 4.69) is 19.2 Å². The molecule has 4 heteroatoms. The lowest BCUT2D eigenvalue weighted by Gasteiger charge is -2.22. The van der Waals surface area contributed by atoms with Crippen LogP contribution in [0.2, 0.25) is 0 Å². The van der Waals surface area contributed by atoms with E-state index in [0.717, 1.165) is 23.2 Å². The lowest BCUT2D eigenvalue weighted by atomic mass is 10.1. The Bertz CT molecular complexity index is 489. The number of nitrogens with one attached hydrogen (secondary N) is 1. The van der Waals surface area contributed by atoms with Gasteiger partial charge in [-0.25, -0.2) is 0 Å². The summed E-state index contributed by atoms with van der Waals surface area (Å²) in [5.74, 6) is 0.303. The van der Waals surface area contributed by atoms with Crippen LogP contribution < -0.4 is 10.2 Å². The van der Waals surface area contributed by atoms with Gasteiger partial charge in [0.2, 0.25) is 11.8 Å². The van der Waals surface area contributed by atoms with Crippen LogP contribution in [-0.4, -0.2) is 24.9 Å². The van der Waals surface area contributed by atoms with E-state index in [1.807, 2.05) is 32.0 Å². The number of nitrogens with zero attached hydrogens (tertiary/aromatic N) is 1. The Hall–Kier alpha value is -1.84. The number of anilines is 1. The third kappa shape index (κ3) is 5.98. The highest BCUT2D eigenvalue weighted by molar-refractivity contribution is 5.97. The normalized spacial score (nSPS) is 10.6. The van der Waals surface area contributed by atoms with Crippen molar-refractivity contribution in [2.24, 2.45) is 5.92 Å². The molecule has 1 aromatic rings. The summed E-state index contributed by atoms with van der Waals surface area (Å²) in [7, 11) is 0. The molecule has 0 saturated heterocycles. The molecule has 2 amide bonds. The van der Waals surface area contributed by atoms with E-state index in [9.17, 15) is 9.59 Å². The topological polar surface area (TPSA) is 49.4 Å². The summed E-state index contributed by atoms with van der Waals surface area (Å²) in [4.78, 5) is 25.3. The van der Waals surface area contributed by atoms with E-state index in [1.165, 1.54) is 11.8 Å². The number of aryl methyl sites for hydroxylation is 2. The average molecular weight is 290 g/mol. The van der Waals surface area contributed by atoms with Crippen LogP contribution in [0.3, 0.4) is 0 Å². The maximum Gasteiger partial charge on any atom is 0.240 e. The third-order valence-corrected chi connectivity index (χ3v) is 3.24. The molecule has 0 spiro atoms. The number of carbonyl (C=O) groups excluding carboxylic acids is 2. The molecule has 1 N–H and O–H groups in total. The van der Waals surface area contributed by atoms with Crippen molar-refractivity contribution < 1.29 is 9.59 Å². The molecule has 0 aromatic heterocycles. The molecular weight excluding hydrogens is 264 g/mol. The quantitative estimate of drug-likeness (QED) is 0.876. The first kappa shape index (κ1) is 17.2. The predicted octanol–water partition coefficient (Wildman–Crippen LogP) is 2.82. The number of hydrogen-bond acceptors (Lipinski definition) is 2. The molecule has 0 fully saturated rings. The van der Waals surface area contributed by atoms with E-state index < -0.39 is 0 Å². The van der Waals surface area contributed by atoms with Gasteiger partial charge in [-0.1, -0.05) is 19.9 Å². The van der Waals surface area contributed by atoms with Crippen LogP contribution in [0.4, 0.5) is 5.69 Å². The zero-order valence-corrected chi connectivity index (χ0v) is 13.7. The third-order valence-electron chi connectivity index (χ3n) is 3.24. The minimum absolute atomic E-state index is 0.0658. The zero-order valence-electron chi connectivity index (χ0n) is 13.7. The summed E-state index contributed by atoms with van der Waals surface area (Å²) >= 11 is 0. The molecule has 0 aliphatic carbocycles. The van der Waals surface area contributed by atoms with Crippen molar-refractivity contribution in [3.05, 3.63) is 29.3 Å². The van der Waals surface area contributed by atoms with Gasteiger partial charge in [0.25, 0.3) is 0 Å². The molecule has 1 rings (SSSR count). The second kappa shape index (κ2) is 7.81. The molecule has 1 aromatic carbocycles. The van der Waals surface area contributed by atoms with Gasteiger partial charge >= 0.3 is 0 Å². The van der Waals surface area contributed by atoms with Gasteiger partial charge in [0.1, 0.15) is 6.54 Å². The summed E-state index contributed by atoms with van der Waals surface area (Å²) in [5, 5.41) is 2.87. The summed E-state index contributed by atoms with van der Waals surface area (Å²) in [6, 6.07) is 5.90. The van der Waals surface area contributed by atoms with Gasteiger partial charge in [0.05, 0.1) is 0 Å². The van der Waals surface area contributed by atoms with Gasteiger partial charge in [0, 0.05) is 19.2 Å². The number of amides is 2. The van der Waals surface area contributed by atoms with Gasteiger partial charge in [-0.3, -0.25) is 9.59 Å². The first-order chi connectivity index (χ1) is 9.79. The van der Waals surface area contributed by atoms with E-state index in [1.54, 1.807) is 0 Å². The summed E-state index contributed by atoms with van der Waals surface area (Å²) < 4.78 is 0. The average Bonchev–Trinajstić information content (AvgIpc) is 2.33. The number of benzene rings is 1. The van der Waals surface area contributed by atoms with Crippen LogP contribution in [-0.2, 0) is 9.59 Å². The fourth-order valence-corrected chi connectivity index (χ4v) is 2.19. The summed E-state index contributed by atoms with van der Waals surface area (Å²) in [6.07, 6.45) is 0.940. The van der Waals surface area contributed by atoms with E-state index in [0.29, 0.717) is 12.5 Å². The minimum Gasteiger partial charge on any atom is -0.355 e. The highest BCUT2D eigenvalue weighted by Crippen LogP contribution is 2.18. The molecule has 4 nitrogen and oxygen atoms in total. The van der Waals surface area contributed by atoms with Crippen molar-refractivity contribution in [2.45, 2.75) is 41.0 Å². The van der Waals surface area contributed by atoms with Gasteiger partial charge < -0.3 is 10.2 Å². The van der Waals surface area contributed by atoms with Crippen molar-refractivity contribution in [3.8, 4) is 0 Å². The maximum absolute atomic E-state index is 12.0. The molecule has 0 unspecified atom stereocenters. The van der Waals surface area contributed by atoms with Crippen LogP contribution in [0.15, 0.2) is 18.2 Å². The molecule has 0 aliphatic heterocycles. The van der Waals surface area contributed by atoms with Gasteiger partial charge in [0.15, 0.2) is 0 Å². The Kier molecular flexibility index (Phi) is 6.40. The Morgan fingerprint density at radius 3 is 2.19 bits per heavy atom. The SMILES string of the molecule is CC(=O)N(CC(=O)NCCC(C)C)c1cc(C)cc(C)c1. The molecule has 21 heavy (non-hydrogen) atoms. The summed E-state index contributed by atoms with van der Waals surface area (Å²) in [6.45, 7) is 10.4. The highest BCUT2D eigenvalue weighted by atomic mass is 16.2. The van der Waals surface area contributed by atoms with Crippen LogP contribution in [0.1, 0.15) is 38.3 Å². The minimum atomic E-state index is -0.126. The molecular formula is C17H26N2O2. The Morgan fingerprint density at radius 2 is 1.71 bits per heavy atom. The molecule has 0 bridgehead atoms. The monoisotopic (exact) mass is 290 g/mol. The molecule has 0 saturated carbocycles. The van der Waals surface area contributed by atoms with Crippen molar-refractivity contribution in [3.63, 3.8) is 0 Å². The predicted molar refractivity (Wildman–Crippen MR) is 86.4 cm³/mol.